The summed E-state index contributed by atoms with van der Waals surface area (Å²) in [6.45, 7) is 2.10. The van der Waals surface area contributed by atoms with Crippen LogP contribution in [0.4, 0.5) is 18.9 Å². The average Bonchev–Trinajstić information content (AvgIpc) is 3.01. The van der Waals surface area contributed by atoms with E-state index in [9.17, 15) is 31.2 Å². The number of likely N-dealkylation sites (tertiary alicyclic amines) is 1. The molecule has 1 heterocycles. The Hall–Kier alpha value is -2.34. The van der Waals surface area contributed by atoms with Crippen LogP contribution < -0.4 is 10.1 Å². The minimum absolute atomic E-state index is 0.0532. The number of hydrogen-bond acceptors (Lipinski definition) is 5. The minimum atomic E-state index is -4.56. The Morgan fingerprint density at radius 2 is 1.93 bits per heavy atom. The molecule has 0 aliphatic carbocycles. The molecule has 0 radical (unpaired) electrons. The molecular weight excluding hydrogens is 427 g/mol. The Morgan fingerprint density at radius 1 is 1.30 bits per heavy atom. The molecule has 30 heavy (non-hydrogen) atoms. The molecule has 1 aliphatic heterocycles. The molecule has 1 N–H and O–H groups in total. The number of anilines is 1. The summed E-state index contributed by atoms with van der Waals surface area (Å²) in [6, 6.07) is 3.95. The summed E-state index contributed by atoms with van der Waals surface area (Å²) in [5, 5.41) is 2.49. The van der Waals surface area contributed by atoms with Crippen molar-refractivity contribution in [1.82, 2.24) is 9.21 Å². The predicted molar refractivity (Wildman–Crippen MR) is 102 cm³/mol. The van der Waals surface area contributed by atoms with Crippen molar-refractivity contribution in [3.63, 3.8) is 0 Å². The van der Waals surface area contributed by atoms with Crippen molar-refractivity contribution in [2.45, 2.75) is 31.3 Å². The Labute approximate surface area is 173 Å². The van der Waals surface area contributed by atoms with E-state index in [-0.39, 0.29) is 42.4 Å². The highest BCUT2D eigenvalue weighted by Crippen LogP contribution is 2.31. The number of halogens is 3. The monoisotopic (exact) mass is 451 g/mol. The lowest BCUT2D eigenvalue weighted by Gasteiger charge is -2.20. The summed E-state index contributed by atoms with van der Waals surface area (Å²) < 4.78 is 69.5. The fraction of sp³-hybridized carbons (Fsp3) is 0.556. The molecular formula is C18H24F3N3O5S. The number of ether oxygens (including phenoxy) is 1. The topological polar surface area (TPSA) is 96.0 Å². The molecule has 0 saturated carbocycles. The van der Waals surface area contributed by atoms with Gasteiger partial charge in [-0.25, -0.2) is 8.42 Å². The van der Waals surface area contributed by atoms with Crippen LogP contribution in [0.1, 0.15) is 20.3 Å². The number of hydrogen-bond donors (Lipinski definition) is 1. The molecule has 1 saturated heterocycles. The van der Waals surface area contributed by atoms with E-state index in [0.29, 0.717) is 4.90 Å². The predicted octanol–water partition coefficient (Wildman–Crippen LogP) is 2.08. The third-order valence-corrected chi connectivity index (χ3v) is 6.77. The van der Waals surface area contributed by atoms with Gasteiger partial charge in [0, 0.05) is 26.1 Å². The van der Waals surface area contributed by atoms with E-state index in [1.807, 2.05) is 0 Å². The van der Waals surface area contributed by atoms with Gasteiger partial charge in [0.1, 0.15) is 12.3 Å². The number of rotatable bonds is 8. The first-order chi connectivity index (χ1) is 13.9. The highest BCUT2D eigenvalue weighted by atomic mass is 32.2. The first-order valence-corrected chi connectivity index (χ1v) is 10.7. The Kier molecular flexibility index (Phi) is 7.35. The van der Waals surface area contributed by atoms with Gasteiger partial charge in [-0.05, 0) is 18.2 Å². The number of nitrogens with one attached hydrogen (secondary N) is 1. The Bertz CT molecular complexity index is 901. The smallest absolute Gasteiger partial charge is 0.406 e. The van der Waals surface area contributed by atoms with Crippen molar-refractivity contribution in [2.24, 2.45) is 5.92 Å². The number of nitrogens with zero attached hydrogens (tertiary/aromatic N) is 2. The van der Waals surface area contributed by atoms with Crippen LogP contribution in [0.2, 0.25) is 0 Å². The lowest BCUT2D eigenvalue weighted by Crippen LogP contribution is -2.36. The second-order valence-electron chi connectivity index (χ2n) is 6.73. The van der Waals surface area contributed by atoms with Crippen LogP contribution in [-0.4, -0.2) is 68.9 Å². The number of carbonyl (C=O) groups excluding carboxylic acids is 2. The van der Waals surface area contributed by atoms with Crippen LogP contribution in [0.3, 0.4) is 0 Å². The second kappa shape index (κ2) is 9.21. The van der Waals surface area contributed by atoms with E-state index < -0.39 is 40.5 Å². The first kappa shape index (κ1) is 23.9. The molecule has 1 unspecified atom stereocenters. The molecule has 2 rings (SSSR count). The van der Waals surface area contributed by atoms with E-state index in [1.165, 1.54) is 29.6 Å². The van der Waals surface area contributed by atoms with Gasteiger partial charge < -0.3 is 15.0 Å². The first-order valence-electron chi connectivity index (χ1n) is 9.26. The van der Waals surface area contributed by atoms with E-state index in [0.717, 1.165) is 0 Å². The Balaban J connectivity index is 2.23. The van der Waals surface area contributed by atoms with Crippen molar-refractivity contribution in [3.8, 4) is 5.75 Å². The molecule has 1 aromatic rings. The third-order valence-electron chi connectivity index (χ3n) is 4.73. The fourth-order valence-electron chi connectivity index (χ4n) is 3.21. The largest absolute Gasteiger partial charge is 0.495 e. The number of sulfonamides is 1. The van der Waals surface area contributed by atoms with E-state index in [4.69, 9.17) is 4.74 Å². The summed E-state index contributed by atoms with van der Waals surface area (Å²) in [7, 11) is -2.48. The van der Waals surface area contributed by atoms with E-state index in [1.54, 1.807) is 13.8 Å². The zero-order chi connectivity index (χ0) is 22.7. The van der Waals surface area contributed by atoms with Crippen molar-refractivity contribution in [3.05, 3.63) is 18.2 Å². The van der Waals surface area contributed by atoms with Crippen LogP contribution in [-0.2, 0) is 19.6 Å². The van der Waals surface area contributed by atoms with Gasteiger partial charge in [-0.1, -0.05) is 13.8 Å². The number of amides is 2. The van der Waals surface area contributed by atoms with Crippen LogP contribution in [0.25, 0.3) is 0 Å². The summed E-state index contributed by atoms with van der Waals surface area (Å²) in [6.07, 6.45) is -4.92. The highest BCUT2D eigenvalue weighted by Gasteiger charge is 2.40. The van der Waals surface area contributed by atoms with Gasteiger partial charge in [-0.15, -0.1) is 0 Å². The molecule has 1 aromatic carbocycles. The molecule has 1 aliphatic rings. The zero-order valence-electron chi connectivity index (χ0n) is 16.8. The molecule has 12 heteroatoms. The van der Waals surface area contributed by atoms with Gasteiger partial charge in [0.25, 0.3) is 0 Å². The molecule has 0 bridgehead atoms. The number of carbonyl (C=O) groups is 2. The molecule has 2 amide bonds. The van der Waals surface area contributed by atoms with Gasteiger partial charge in [0.2, 0.25) is 21.8 Å². The van der Waals surface area contributed by atoms with Gasteiger partial charge in [0.15, 0.2) is 0 Å². The van der Waals surface area contributed by atoms with Gasteiger partial charge in [-0.2, -0.15) is 17.5 Å². The van der Waals surface area contributed by atoms with E-state index >= 15 is 0 Å². The SMILES string of the molecule is CCN(CC)S(=O)(=O)c1ccc(OC)c(NC(=O)C2CC(=O)N(CC(F)(F)F)C2)c1. The summed E-state index contributed by atoms with van der Waals surface area (Å²) in [4.78, 5) is 24.9. The van der Waals surface area contributed by atoms with Crippen LogP contribution >= 0.6 is 0 Å². The quantitative estimate of drug-likeness (QED) is 0.653. The molecule has 1 fully saturated rings. The average molecular weight is 451 g/mol. The van der Waals surface area contributed by atoms with Crippen molar-refractivity contribution in [1.29, 1.82) is 0 Å². The summed E-state index contributed by atoms with van der Waals surface area (Å²) in [5.41, 5.74) is 0.0532. The molecule has 0 aromatic heterocycles. The zero-order valence-corrected chi connectivity index (χ0v) is 17.6. The number of alkyl halides is 3. The maximum absolute atomic E-state index is 12.7. The lowest BCUT2D eigenvalue weighted by atomic mass is 10.1. The van der Waals surface area contributed by atoms with Crippen LogP contribution in [0, 0.1) is 5.92 Å². The van der Waals surface area contributed by atoms with Crippen molar-refractivity contribution >= 4 is 27.5 Å². The van der Waals surface area contributed by atoms with Crippen LogP contribution in [0.15, 0.2) is 23.1 Å². The standard InChI is InChI=1S/C18H24F3N3O5S/c1-4-24(5-2)30(27,28)13-6-7-15(29-3)14(9-13)22-17(26)12-8-16(25)23(10-12)11-18(19,20)21/h6-7,9,12H,4-5,8,10-11H2,1-3H3,(H,22,26). The minimum Gasteiger partial charge on any atom is -0.495 e. The maximum atomic E-state index is 12.7. The third kappa shape index (κ3) is 5.42. The molecule has 1 atom stereocenters. The van der Waals surface area contributed by atoms with Crippen molar-refractivity contribution in [2.75, 3.05) is 38.6 Å². The van der Waals surface area contributed by atoms with E-state index in [2.05, 4.69) is 5.32 Å². The van der Waals surface area contributed by atoms with Gasteiger partial charge >= 0.3 is 6.18 Å². The van der Waals surface area contributed by atoms with Gasteiger partial charge in [0.05, 0.1) is 23.6 Å². The van der Waals surface area contributed by atoms with Crippen molar-refractivity contribution < 1.29 is 35.9 Å². The molecule has 0 spiro atoms. The highest BCUT2D eigenvalue weighted by molar-refractivity contribution is 7.89. The summed E-state index contributed by atoms with van der Waals surface area (Å²) in [5.74, 6) is -2.27. The fourth-order valence-corrected chi connectivity index (χ4v) is 4.69. The Morgan fingerprint density at radius 3 is 2.47 bits per heavy atom. The number of methoxy groups -OCH3 is 1. The summed E-state index contributed by atoms with van der Waals surface area (Å²) >= 11 is 0. The van der Waals surface area contributed by atoms with Gasteiger partial charge in [-0.3, -0.25) is 9.59 Å². The second-order valence-corrected chi connectivity index (χ2v) is 8.67. The molecule has 168 valence electrons. The van der Waals surface area contributed by atoms with Crippen LogP contribution in [0.5, 0.6) is 5.75 Å². The number of benzene rings is 1. The lowest BCUT2D eigenvalue weighted by molar-refractivity contribution is -0.157. The maximum Gasteiger partial charge on any atom is 0.406 e. The normalized spacial score (nSPS) is 17.5. The molecule has 8 nitrogen and oxygen atoms in total.